The number of nitrogens with zero attached hydrogens (tertiary/aromatic N) is 1. The molecule has 0 radical (unpaired) electrons. The first-order valence-electron chi connectivity index (χ1n) is 10.2. The monoisotopic (exact) mass is 423 g/mol. The van der Waals surface area contributed by atoms with Crippen LogP contribution < -0.4 is 20.1 Å². The molecule has 0 aliphatic carbocycles. The Kier molecular flexibility index (Phi) is 5.79. The molecular weight excluding hydrogens is 398 g/mol. The molecule has 162 valence electrons. The van der Waals surface area contributed by atoms with Crippen molar-refractivity contribution < 1.29 is 23.9 Å². The predicted molar refractivity (Wildman–Crippen MR) is 114 cm³/mol. The maximum Gasteiger partial charge on any atom is 0.254 e. The smallest absolute Gasteiger partial charge is 0.254 e. The van der Waals surface area contributed by atoms with E-state index in [1.54, 1.807) is 49.5 Å². The second kappa shape index (κ2) is 8.67. The lowest BCUT2D eigenvalue weighted by Gasteiger charge is -2.28. The molecule has 4 rings (SSSR count). The zero-order chi connectivity index (χ0) is 22.0. The minimum Gasteiger partial charge on any atom is -0.497 e. The van der Waals surface area contributed by atoms with E-state index < -0.39 is 11.9 Å². The maximum absolute atomic E-state index is 13.2. The number of carbonyl (C=O) groups excluding carboxylic acids is 3. The minimum atomic E-state index is -0.939. The number of hydrogen-bond donors (Lipinski definition) is 2. The van der Waals surface area contributed by atoms with Gasteiger partial charge >= 0.3 is 0 Å². The number of carbonyl (C=O) groups is 3. The molecule has 31 heavy (non-hydrogen) atoms. The molecule has 0 saturated carbocycles. The van der Waals surface area contributed by atoms with E-state index in [0.29, 0.717) is 29.3 Å². The van der Waals surface area contributed by atoms with Crippen LogP contribution in [0.2, 0.25) is 0 Å². The average molecular weight is 423 g/mol. The van der Waals surface area contributed by atoms with Gasteiger partial charge in [0.1, 0.15) is 17.5 Å². The van der Waals surface area contributed by atoms with Gasteiger partial charge in [0.2, 0.25) is 11.8 Å². The van der Waals surface area contributed by atoms with Crippen molar-refractivity contribution in [3.8, 4) is 11.5 Å². The number of methoxy groups -OCH3 is 2. The second-order valence-corrected chi connectivity index (χ2v) is 7.62. The number of anilines is 1. The largest absolute Gasteiger partial charge is 0.497 e. The summed E-state index contributed by atoms with van der Waals surface area (Å²) in [5.41, 5.74) is 1.73. The van der Waals surface area contributed by atoms with E-state index in [1.807, 2.05) is 12.1 Å². The van der Waals surface area contributed by atoms with Gasteiger partial charge in [-0.15, -0.1) is 0 Å². The number of likely N-dealkylation sites (tertiary alicyclic amines) is 1. The standard InChI is InChI=1S/C23H25N3O5/c1-30-14-9-10-16(20(12-14)31-2)19-8-5-11-26(19)21(27)13-18-23(29)24-17-7-4-3-6-15(17)22(28)25-18/h3-4,6-7,9-10,12,18-19H,5,8,11,13H2,1-2H3,(H,24,29)(H,25,28)/t18-,19+/m0/s1. The Labute approximate surface area is 180 Å². The van der Waals surface area contributed by atoms with Crippen molar-refractivity contribution in [2.45, 2.75) is 31.3 Å². The zero-order valence-electron chi connectivity index (χ0n) is 17.5. The zero-order valence-corrected chi connectivity index (χ0v) is 17.5. The van der Waals surface area contributed by atoms with Crippen LogP contribution in [0.15, 0.2) is 42.5 Å². The van der Waals surface area contributed by atoms with Gasteiger partial charge in [-0.1, -0.05) is 12.1 Å². The number of hydrogen-bond acceptors (Lipinski definition) is 5. The van der Waals surface area contributed by atoms with Gasteiger partial charge in [-0.3, -0.25) is 14.4 Å². The Hall–Kier alpha value is -3.55. The van der Waals surface area contributed by atoms with Crippen LogP contribution >= 0.6 is 0 Å². The molecule has 8 heteroatoms. The van der Waals surface area contributed by atoms with Gasteiger partial charge in [-0.25, -0.2) is 0 Å². The summed E-state index contributed by atoms with van der Waals surface area (Å²) in [4.78, 5) is 40.2. The van der Waals surface area contributed by atoms with Crippen molar-refractivity contribution in [3.63, 3.8) is 0 Å². The molecule has 0 unspecified atom stereocenters. The molecule has 2 aromatic rings. The molecule has 0 aromatic heterocycles. The van der Waals surface area contributed by atoms with E-state index in [1.165, 1.54) is 0 Å². The first-order chi connectivity index (χ1) is 15.0. The molecule has 2 aromatic carbocycles. The lowest BCUT2D eigenvalue weighted by Crippen LogP contribution is -2.45. The van der Waals surface area contributed by atoms with Crippen LogP contribution in [0.3, 0.4) is 0 Å². The predicted octanol–water partition coefficient (Wildman–Crippen LogP) is 2.51. The summed E-state index contributed by atoms with van der Waals surface area (Å²) in [6.45, 7) is 0.585. The molecule has 2 atom stereocenters. The lowest BCUT2D eigenvalue weighted by atomic mass is 10.0. The van der Waals surface area contributed by atoms with E-state index in [2.05, 4.69) is 10.6 Å². The number of nitrogens with one attached hydrogen (secondary N) is 2. The number of amides is 3. The Bertz CT molecular complexity index is 1020. The number of fused-ring (bicyclic) bond motifs is 1. The van der Waals surface area contributed by atoms with Crippen LogP contribution in [0, 0.1) is 0 Å². The third kappa shape index (κ3) is 4.05. The molecule has 1 fully saturated rings. The van der Waals surface area contributed by atoms with Gasteiger partial charge in [0.25, 0.3) is 5.91 Å². The fraction of sp³-hybridized carbons (Fsp3) is 0.348. The lowest BCUT2D eigenvalue weighted by molar-refractivity contribution is -0.134. The van der Waals surface area contributed by atoms with E-state index in [-0.39, 0.29) is 24.3 Å². The Morgan fingerprint density at radius 3 is 2.71 bits per heavy atom. The fourth-order valence-electron chi connectivity index (χ4n) is 4.23. The molecule has 1 saturated heterocycles. The van der Waals surface area contributed by atoms with Crippen LogP contribution in [0.1, 0.15) is 41.2 Å². The third-order valence-corrected chi connectivity index (χ3v) is 5.80. The quantitative estimate of drug-likeness (QED) is 0.770. The molecule has 2 aliphatic rings. The summed E-state index contributed by atoms with van der Waals surface area (Å²) < 4.78 is 10.8. The molecule has 2 aliphatic heterocycles. The highest BCUT2D eigenvalue weighted by Gasteiger charge is 2.36. The van der Waals surface area contributed by atoms with Crippen molar-refractivity contribution in [2.24, 2.45) is 0 Å². The Morgan fingerprint density at radius 2 is 1.94 bits per heavy atom. The molecule has 2 N–H and O–H groups in total. The Balaban J connectivity index is 1.52. The van der Waals surface area contributed by atoms with Gasteiger partial charge in [-0.05, 0) is 37.1 Å². The van der Waals surface area contributed by atoms with Crippen molar-refractivity contribution >= 4 is 23.4 Å². The number of ether oxygens (including phenoxy) is 2. The van der Waals surface area contributed by atoms with Crippen molar-refractivity contribution in [1.29, 1.82) is 0 Å². The highest BCUT2D eigenvalue weighted by Crippen LogP contribution is 2.39. The van der Waals surface area contributed by atoms with E-state index >= 15 is 0 Å². The SMILES string of the molecule is COc1ccc([C@H]2CCCN2C(=O)C[C@@H]2NC(=O)c3ccccc3NC2=O)c(OC)c1. The highest BCUT2D eigenvalue weighted by atomic mass is 16.5. The molecule has 3 amide bonds. The van der Waals surface area contributed by atoms with Crippen LogP contribution in [-0.2, 0) is 9.59 Å². The maximum atomic E-state index is 13.2. The molecule has 0 bridgehead atoms. The minimum absolute atomic E-state index is 0.111. The normalized spacial score (nSPS) is 20.4. The van der Waals surface area contributed by atoms with Crippen LogP contribution in [-0.4, -0.2) is 49.4 Å². The second-order valence-electron chi connectivity index (χ2n) is 7.62. The number of benzene rings is 2. The summed E-state index contributed by atoms with van der Waals surface area (Å²) >= 11 is 0. The Morgan fingerprint density at radius 1 is 1.13 bits per heavy atom. The first kappa shape index (κ1) is 20.7. The molecular formula is C23H25N3O5. The number of rotatable bonds is 5. The van der Waals surface area contributed by atoms with E-state index in [4.69, 9.17) is 9.47 Å². The summed E-state index contributed by atoms with van der Waals surface area (Å²) in [5, 5.41) is 5.44. The van der Waals surface area contributed by atoms with E-state index in [0.717, 1.165) is 18.4 Å². The summed E-state index contributed by atoms with van der Waals surface area (Å²) in [6.07, 6.45) is 1.53. The van der Waals surface area contributed by atoms with Gasteiger partial charge in [0, 0.05) is 18.2 Å². The molecule has 0 spiro atoms. The van der Waals surface area contributed by atoms with Crippen LogP contribution in [0.25, 0.3) is 0 Å². The van der Waals surface area contributed by atoms with E-state index in [9.17, 15) is 14.4 Å². The third-order valence-electron chi connectivity index (χ3n) is 5.80. The summed E-state index contributed by atoms with van der Waals surface area (Å²) in [7, 11) is 3.17. The van der Waals surface area contributed by atoms with Crippen molar-refractivity contribution in [1.82, 2.24) is 10.2 Å². The fourth-order valence-corrected chi connectivity index (χ4v) is 4.23. The molecule has 2 heterocycles. The average Bonchev–Trinajstić information content (AvgIpc) is 3.24. The van der Waals surface area contributed by atoms with Gasteiger partial charge in [-0.2, -0.15) is 0 Å². The van der Waals surface area contributed by atoms with Gasteiger partial charge in [0.15, 0.2) is 0 Å². The van der Waals surface area contributed by atoms with Gasteiger partial charge < -0.3 is 25.0 Å². The summed E-state index contributed by atoms with van der Waals surface area (Å²) in [5.74, 6) is 0.367. The topological polar surface area (TPSA) is 97.0 Å². The summed E-state index contributed by atoms with van der Waals surface area (Å²) in [6, 6.07) is 11.2. The van der Waals surface area contributed by atoms with Crippen molar-refractivity contribution in [3.05, 3.63) is 53.6 Å². The first-order valence-corrected chi connectivity index (χ1v) is 10.2. The molecule has 8 nitrogen and oxygen atoms in total. The highest BCUT2D eigenvalue weighted by molar-refractivity contribution is 6.10. The van der Waals surface area contributed by atoms with Crippen LogP contribution in [0.4, 0.5) is 5.69 Å². The van der Waals surface area contributed by atoms with Gasteiger partial charge in [0.05, 0.1) is 37.9 Å². The van der Waals surface area contributed by atoms with Crippen molar-refractivity contribution in [2.75, 3.05) is 26.1 Å². The van der Waals surface area contributed by atoms with Crippen LogP contribution in [0.5, 0.6) is 11.5 Å². The number of para-hydroxylation sites is 1.